The van der Waals surface area contributed by atoms with Crippen molar-refractivity contribution in [1.29, 1.82) is 0 Å². The predicted octanol–water partition coefficient (Wildman–Crippen LogP) is 2.67. The highest BCUT2D eigenvalue weighted by Gasteiger charge is 2.11. The van der Waals surface area contributed by atoms with Gasteiger partial charge in [-0.3, -0.25) is 4.79 Å². The molecule has 0 saturated heterocycles. The molecule has 0 fully saturated rings. The first-order valence-electron chi connectivity index (χ1n) is 7.38. The van der Waals surface area contributed by atoms with Crippen molar-refractivity contribution in [1.82, 2.24) is 15.5 Å². The summed E-state index contributed by atoms with van der Waals surface area (Å²) < 4.78 is 5.12. The van der Waals surface area contributed by atoms with Gasteiger partial charge in [0.1, 0.15) is 5.76 Å². The van der Waals surface area contributed by atoms with Crippen LogP contribution in [0, 0.1) is 13.8 Å². The number of hydrogen-bond donors (Lipinski definition) is 2. The van der Waals surface area contributed by atoms with E-state index in [9.17, 15) is 4.79 Å². The molecule has 0 aliphatic rings. The lowest BCUT2D eigenvalue weighted by atomic mass is 10.1. The number of nitrogens with one attached hydrogen (secondary N) is 2. The van der Waals surface area contributed by atoms with E-state index in [0.29, 0.717) is 13.0 Å². The summed E-state index contributed by atoms with van der Waals surface area (Å²) in [7, 11) is 0. The molecule has 0 atom stereocenters. The number of rotatable bonds is 5. The standard InChI is InChI=1S/C17H19N3O2/c1-11-14(12(2)22-20-11)7-8-18-17(21)9-13-10-19-16-6-4-3-5-15(13)16/h3-6,10,19H,7-9H2,1-2H3,(H,18,21). The molecule has 1 aromatic carbocycles. The van der Waals surface area contributed by atoms with Crippen LogP contribution >= 0.6 is 0 Å². The molecule has 3 rings (SSSR count). The Morgan fingerprint density at radius 2 is 2.14 bits per heavy atom. The normalized spacial score (nSPS) is 11.0. The number of aromatic amines is 1. The van der Waals surface area contributed by atoms with Crippen molar-refractivity contribution in [2.75, 3.05) is 6.54 Å². The second-order valence-electron chi connectivity index (χ2n) is 5.44. The van der Waals surface area contributed by atoms with E-state index >= 15 is 0 Å². The van der Waals surface area contributed by atoms with Gasteiger partial charge in [-0.2, -0.15) is 0 Å². The van der Waals surface area contributed by atoms with Crippen molar-refractivity contribution in [2.24, 2.45) is 0 Å². The number of fused-ring (bicyclic) bond motifs is 1. The maximum absolute atomic E-state index is 12.1. The van der Waals surface area contributed by atoms with Gasteiger partial charge in [-0.1, -0.05) is 23.4 Å². The molecule has 0 aliphatic heterocycles. The van der Waals surface area contributed by atoms with E-state index in [2.05, 4.69) is 15.5 Å². The van der Waals surface area contributed by atoms with E-state index < -0.39 is 0 Å². The Morgan fingerprint density at radius 3 is 2.91 bits per heavy atom. The number of carbonyl (C=O) groups is 1. The highest BCUT2D eigenvalue weighted by atomic mass is 16.5. The number of benzene rings is 1. The number of aromatic nitrogens is 2. The molecule has 0 saturated carbocycles. The van der Waals surface area contributed by atoms with Gasteiger partial charge >= 0.3 is 0 Å². The third kappa shape index (κ3) is 2.88. The molecule has 3 aromatic rings. The lowest BCUT2D eigenvalue weighted by molar-refractivity contribution is -0.120. The molecular formula is C17H19N3O2. The number of amides is 1. The molecule has 0 spiro atoms. The Kier molecular flexibility index (Phi) is 3.96. The average Bonchev–Trinajstić information content (AvgIpc) is 3.05. The molecule has 2 N–H and O–H groups in total. The average molecular weight is 297 g/mol. The van der Waals surface area contributed by atoms with Crippen LogP contribution < -0.4 is 5.32 Å². The Balaban J connectivity index is 1.57. The van der Waals surface area contributed by atoms with Crippen LogP contribution in [0.5, 0.6) is 0 Å². The molecule has 22 heavy (non-hydrogen) atoms. The predicted molar refractivity (Wildman–Crippen MR) is 84.7 cm³/mol. The molecule has 1 amide bonds. The summed E-state index contributed by atoms with van der Waals surface area (Å²) >= 11 is 0. The van der Waals surface area contributed by atoms with E-state index in [0.717, 1.165) is 39.9 Å². The lowest BCUT2D eigenvalue weighted by Gasteiger charge is -2.04. The highest BCUT2D eigenvalue weighted by molar-refractivity contribution is 5.88. The minimum absolute atomic E-state index is 0.0245. The van der Waals surface area contributed by atoms with Crippen LogP contribution in [0.1, 0.15) is 22.6 Å². The molecule has 2 aromatic heterocycles. The van der Waals surface area contributed by atoms with Gasteiger partial charge in [0, 0.05) is 29.2 Å². The zero-order valence-corrected chi connectivity index (χ0v) is 12.8. The fourth-order valence-electron chi connectivity index (χ4n) is 2.70. The lowest BCUT2D eigenvalue weighted by Crippen LogP contribution is -2.27. The first kappa shape index (κ1) is 14.4. The molecule has 0 bridgehead atoms. The molecule has 5 nitrogen and oxygen atoms in total. The number of nitrogens with zero attached hydrogens (tertiary/aromatic N) is 1. The number of hydrogen-bond acceptors (Lipinski definition) is 3. The van der Waals surface area contributed by atoms with Gasteiger partial charge in [0.25, 0.3) is 0 Å². The van der Waals surface area contributed by atoms with Crippen LogP contribution in [-0.4, -0.2) is 22.6 Å². The summed E-state index contributed by atoms with van der Waals surface area (Å²) in [6, 6.07) is 7.99. The Bertz CT molecular complexity index is 782. The largest absolute Gasteiger partial charge is 0.361 e. The zero-order valence-electron chi connectivity index (χ0n) is 12.8. The molecule has 0 aliphatic carbocycles. The Hall–Kier alpha value is -2.56. The van der Waals surface area contributed by atoms with Crippen LogP contribution in [0.25, 0.3) is 10.9 Å². The third-order valence-electron chi connectivity index (χ3n) is 3.90. The molecule has 0 unspecified atom stereocenters. The summed E-state index contributed by atoms with van der Waals surface area (Å²) in [4.78, 5) is 15.3. The van der Waals surface area contributed by atoms with Gasteiger partial charge < -0.3 is 14.8 Å². The maximum Gasteiger partial charge on any atom is 0.224 e. The van der Waals surface area contributed by atoms with Gasteiger partial charge in [-0.15, -0.1) is 0 Å². The van der Waals surface area contributed by atoms with Crippen LogP contribution in [-0.2, 0) is 17.6 Å². The van der Waals surface area contributed by atoms with Crippen molar-refractivity contribution in [3.63, 3.8) is 0 Å². The van der Waals surface area contributed by atoms with Crippen molar-refractivity contribution in [3.8, 4) is 0 Å². The molecule has 114 valence electrons. The van der Waals surface area contributed by atoms with E-state index in [4.69, 9.17) is 4.52 Å². The summed E-state index contributed by atoms with van der Waals surface area (Å²) in [6.07, 6.45) is 3.02. The van der Waals surface area contributed by atoms with Crippen LogP contribution in [0.15, 0.2) is 35.0 Å². The minimum atomic E-state index is 0.0245. The Labute approximate surface area is 128 Å². The number of para-hydroxylation sites is 1. The smallest absolute Gasteiger partial charge is 0.224 e. The topological polar surface area (TPSA) is 70.9 Å². The van der Waals surface area contributed by atoms with Crippen molar-refractivity contribution >= 4 is 16.8 Å². The molecular weight excluding hydrogens is 278 g/mol. The molecule has 0 radical (unpaired) electrons. The Morgan fingerprint density at radius 1 is 1.32 bits per heavy atom. The first-order valence-corrected chi connectivity index (χ1v) is 7.38. The zero-order chi connectivity index (χ0) is 15.5. The van der Waals surface area contributed by atoms with Gasteiger partial charge in [0.05, 0.1) is 12.1 Å². The van der Waals surface area contributed by atoms with Gasteiger partial charge in [0.15, 0.2) is 0 Å². The number of aryl methyl sites for hydroxylation is 2. The summed E-state index contributed by atoms with van der Waals surface area (Å²) in [5, 5.41) is 7.97. The van der Waals surface area contributed by atoms with Crippen LogP contribution in [0.3, 0.4) is 0 Å². The first-order chi connectivity index (χ1) is 10.6. The van der Waals surface area contributed by atoms with E-state index in [1.165, 1.54) is 0 Å². The van der Waals surface area contributed by atoms with E-state index in [-0.39, 0.29) is 5.91 Å². The van der Waals surface area contributed by atoms with Crippen molar-refractivity contribution in [3.05, 3.63) is 53.0 Å². The van der Waals surface area contributed by atoms with Gasteiger partial charge in [-0.25, -0.2) is 0 Å². The van der Waals surface area contributed by atoms with Gasteiger partial charge in [0.2, 0.25) is 5.91 Å². The maximum atomic E-state index is 12.1. The number of H-pyrrole nitrogens is 1. The minimum Gasteiger partial charge on any atom is -0.361 e. The van der Waals surface area contributed by atoms with E-state index in [1.54, 1.807) is 0 Å². The van der Waals surface area contributed by atoms with Gasteiger partial charge in [-0.05, 0) is 31.9 Å². The molecule has 2 heterocycles. The quantitative estimate of drug-likeness (QED) is 0.760. The fourth-order valence-corrected chi connectivity index (χ4v) is 2.70. The second-order valence-corrected chi connectivity index (χ2v) is 5.44. The number of carbonyl (C=O) groups excluding carboxylic acids is 1. The fraction of sp³-hybridized carbons (Fsp3) is 0.294. The van der Waals surface area contributed by atoms with E-state index in [1.807, 2.05) is 44.3 Å². The van der Waals surface area contributed by atoms with Crippen LogP contribution in [0.4, 0.5) is 0 Å². The third-order valence-corrected chi connectivity index (χ3v) is 3.90. The second kappa shape index (κ2) is 6.05. The SMILES string of the molecule is Cc1noc(C)c1CCNC(=O)Cc1c[nH]c2ccccc12. The van der Waals surface area contributed by atoms with Crippen LogP contribution in [0.2, 0.25) is 0 Å². The van der Waals surface area contributed by atoms with Crippen molar-refractivity contribution in [2.45, 2.75) is 26.7 Å². The van der Waals surface area contributed by atoms with Crippen molar-refractivity contribution < 1.29 is 9.32 Å². The highest BCUT2D eigenvalue weighted by Crippen LogP contribution is 2.18. The molecule has 5 heteroatoms. The monoisotopic (exact) mass is 297 g/mol. The summed E-state index contributed by atoms with van der Waals surface area (Å²) in [5.74, 6) is 0.847. The summed E-state index contributed by atoms with van der Waals surface area (Å²) in [6.45, 7) is 4.40. The summed E-state index contributed by atoms with van der Waals surface area (Å²) in [5.41, 5.74) is 4.04.